The van der Waals surface area contributed by atoms with Gasteiger partial charge in [0, 0.05) is 22.2 Å². The third-order valence-electron chi connectivity index (χ3n) is 1.48. The van der Waals surface area contributed by atoms with Crippen molar-refractivity contribution in [2.75, 3.05) is 0 Å². The summed E-state index contributed by atoms with van der Waals surface area (Å²) in [6, 6.07) is 3.98. The van der Waals surface area contributed by atoms with Crippen LogP contribution in [0.1, 0.15) is 0 Å². The summed E-state index contributed by atoms with van der Waals surface area (Å²) in [7, 11) is 0. The van der Waals surface area contributed by atoms with Crippen LogP contribution in [-0.2, 0) is 0 Å². The van der Waals surface area contributed by atoms with Gasteiger partial charge >= 0.3 is 0 Å². The van der Waals surface area contributed by atoms with Crippen molar-refractivity contribution in [1.82, 2.24) is 14.5 Å². The number of imidazole rings is 1. The molecule has 0 bridgehead atoms. The standard InChI is InChI=1S/C8H6IN3/c9-7-1-2-8(11-5-7)12-4-3-10-6-12/h1-6H. The summed E-state index contributed by atoms with van der Waals surface area (Å²) in [4.78, 5) is 8.18. The largest absolute Gasteiger partial charge is 0.291 e. The second kappa shape index (κ2) is 3.22. The first-order valence-corrected chi connectivity index (χ1v) is 4.54. The van der Waals surface area contributed by atoms with Crippen LogP contribution in [0.5, 0.6) is 0 Å². The van der Waals surface area contributed by atoms with E-state index in [1.54, 1.807) is 12.5 Å². The minimum Gasteiger partial charge on any atom is -0.291 e. The quantitative estimate of drug-likeness (QED) is 0.741. The van der Waals surface area contributed by atoms with Gasteiger partial charge in [-0.15, -0.1) is 0 Å². The molecule has 12 heavy (non-hydrogen) atoms. The van der Waals surface area contributed by atoms with Crippen molar-refractivity contribution in [3.05, 3.63) is 40.6 Å². The first-order valence-electron chi connectivity index (χ1n) is 3.46. The summed E-state index contributed by atoms with van der Waals surface area (Å²) in [5.74, 6) is 0.896. The fraction of sp³-hybridized carbons (Fsp3) is 0. The van der Waals surface area contributed by atoms with Gasteiger partial charge in [-0.25, -0.2) is 9.97 Å². The number of hydrogen-bond acceptors (Lipinski definition) is 2. The number of nitrogens with zero attached hydrogens (tertiary/aromatic N) is 3. The van der Waals surface area contributed by atoms with Gasteiger partial charge in [-0.3, -0.25) is 4.57 Å². The van der Waals surface area contributed by atoms with Gasteiger partial charge in [-0.2, -0.15) is 0 Å². The number of rotatable bonds is 1. The van der Waals surface area contributed by atoms with Gasteiger partial charge in [0.15, 0.2) is 0 Å². The summed E-state index contributed by atoms with van der Waals surface area (Å²) in [6.45, 7) is 0. The molecule has 0 aliphatic carbocycles. The first-order chi connectivity index (χ1) is 5.86. The van der Waals surface area contributed by atoms with Crippen LogP contribution in [-0.4, -0.2) is 14.5 Å². The molecule has 0 aliphatic rings. The molecule has 0 N–H and O–H groups in total. The van der Waals surface area contributed by atoms with Crippen molar-refractivity contribution in [1.29, 1.82) is 0 Å². The Hall–Kier alpha value is -0.910. The Balaban J connectivity index is 2.43. The van der Waals surface area contributed by atoms with Gasteiger partial charge in [-0.1, -0.05) is 0 Å². The number of hydrogen-bond donors (Lipinski definition) is 0. The molecule has 3 nitrogen and oxygen atoms in total. The molecule has 0 unspecified atom stereocenters. The van der Waals surface area contributed by atoms with E-state index in [9.17, 15) is 0 Å². The number of pyridine rings is 1. The second-order valence-corrected chi connectivity index (χ2v) is 3.55. The predicted molar refractivity (Wildman–Crippen MR) is 54.1 cm³/mol. The van der Waals surface area contributed by atoms with Crippen LogP contribution < -0.4 is 0 Å². The Morgan fingerprint density at radius 3 is 2.83 bits per heavy atom. The molecule has 4 heteroatoms. The molecule has 0 atom stereocenters. The molecule has 0 aliphatic heterocycles. The molecule has 0 saturated heterocycles. The smallest absolute Gasteiger partial charge is 0.137 e. The molecule has 0 radical (unpaired) electrons. The Labute approximate surface area is 83.6 Å². The van der Waals surface area contributed by atoms with Gasteiger partial charge in [0.05, 0.1) is 0 Å². The van der Waals surface area contributed by atoms with E-state index < -0.39 is 0 Å². The van der Waals surface area contributed by atoms with Gasteiger partial charge in [-0.05, 0) is 34.7 Å². The van der Waals surface area contributed by atoms with Crippen molar-refractivity contribution < 1.29 is 0 Å². The molecule has 0 fully saturated rings. The molecule has 0 aromatic carbocycles. The van der Waals surface area contributed by atoms with E-state index in [4.69, 9.17) is 0 Å². The highest BCUT2D eigenvalue weighted by molar-refractivity contribution is 14.1. The lowest BCUT2D eigenvalue weighted by Crippen LogP contribution is -1.93. The molecule has 2 rings (SSSR count). The molecule has 0 amide bonds. The van der Waals surface area contributed by atoms with E-state index in [0.717, 1.165) is 9.39 Å². The minimum absolute atomic E-state index is 0.896. The molecule has 60 valence electrons. The molecule has 2 heterocycles. The van der Waals surface area contributed by atoms with Gasteiger partial charge < -0.3 is 0 Å². The summed E-state index contributed by atoms with van der Waals surface area (Å²) < 4.78 is 3.01. The lowest BCUT2D eigenvalue weighted by molar-refractivity contribution is 0.990. The lowest BCUT2D eigenvalue weighted by Gasteiger charge is -1.98. The lowest BCUT2D eigenvalue weighted by atomic mass is 10.5. The van der Waals surface area contributed by atoms with Crippen molar-refractivity contribution >= 4 is 22.6 Å². The normalized spacial score (nSPS) is 10.1. The van der Waals surface area contributed by atoms with E-state index in [1.807, 2.05) is 29.1 Å². The molecular formula is C8H6IN3. The van der Waals surface area contributed by atoms with E-state index in [0.29, 0.717) is 0 Å². The summed E-state index contributed by atoms with van der Waals surface area (Å²) in [5.41, 5.74) is 0. The van der Waals surface area contributed by atoms with Crippen molar-refractivity contribution in [3.8, 4) is 5.82 Å². The Kier molecular flexibility index (Phi) is 2.07. The zero-order valence-corrected chi connectivity index (χ0v) is 8.34. The second-order valence-electron chi connectivity index (χ2n) is 2.30. The van der Waals surface area contributed by atoms with Crippen LogP contribution >= 0.6 is 22.6 Å². The molecule has 0 saturated carbocycles. The van der Waals surface area contributed by atoms with Crippen LogP contribution in [0.3, 0.4) is 0 Å². The van der Waals surface area contributed by atoms with E-state index >= 15 is 0 Å². The zero-order valence-electron chi connectivity index (χ0n) is 6.18. The fourth-order valence-electron chi connectivity index (χ4n) is 0.915. The Morgan fingerprint density at radius 1 is 1.33 bits per heavy atom. The highest BCUT2D eigenvalue weighted by Crippen LogP contribution is 2.06. The SMILES string of the molecule is Ic1ccc(-n2ccnc2)nc1. The van der Waals surface area contributed by atoms with Crippen LogP contribution in [0.4, 0.5) is 0 Å². The van der Waals surface area contributed by atoms with Gasteiger partial charge in [0.25, 0.3) is 0 Å². The van der Waals surface area contributed by atoms with Crippen LogP contribution in [0.2, 0.25) is 0 Å². The monoisotopic (exact) mass is 271 g/mol. The molecular weight excluding hydrogens is 265 g/mol. The van der Waals surface area contributed by atoms with Gasteiger partial charge in [0.1, 0.15) is 12.1 Å². The minimum atomic E-state index is 0.896. The Morgan fingerprint density at radius 2 is 2.25 bits per heavy atom. The Bertz CT molecular complexity index is 352. The average molecular weight is 271 g/mol. The number of aromatic nitrogens is 3. The van der Waals surface area contributed by atoms with Crippen LogP contribution in [0.25, 0.3) is 5.82 Å². The summed E-state index contributed by atoms with van der Waals surface area (Å²) in [5, 5.41) is 0. The summed E-state index contributed by atoms with van der Waals surface area (Å²) in [6.07, 6.45) is 7.17. The fourth-order valence-corrected chi connectivity index (χ4v) is 1.23. The maximum atomic E-state index is 4.24. The van der Waals surface area contributed by atoms with Crippen molar-refractivity contribution in [3.63, 3.8) is 0 Å². The predicted octanol–water partition coefficient (Wildman–Crippen LogP) is 1.87. The van der Waals surface area contributed by atoms with E-state index in [1.165, 1.54) is 0 Å². The third kappa shape index (κ3) is 1.47. The molecule has 2 aromatic heterocycles. The maximum absolute atomic E-state index is 4.24. The van der Waals surface area contributed by atoms with E-state index in [2.05, 4.69) is 32.6 Å². The van der Waals surface area contributed by atoms with Crippen molar-refractivity contribution in [2.24, 2.45) is 0 Å². The van der Waals surface area contributed by atoms with E-state index in [-0.39, 0.29) is 0 Å². The van der Waals surface area contributed by atoms with Crippen LogP contribution in [0.15, 0.2) is 37.1 Å². The van der Waals surface area contributed by atoms with Crippen molar-refractivity contribution in [2.45, 2.75) is 0 Å². The summed E-state index contributed by atoms with van der Waals surface area (Å²) >= 11 is 2.23. The molecule has 2 aromatic rings. The molecule has 0 spiro atoms. The highest BCUT2D eigenvalue weighted by Gasteiger charge is 1.94. The topological polar surface area (TPSA) is 30.7 Å². The average Bonchev–Trinajstić information content (AvgIpc) is 2.58. The third-order valence-corrected chi connectivity index (χ3v) is 2.12. The zero-order chi connectivity index (χ0) is 8.39. The first kappa shape index (κ1) is 7.72. The van der Waals surface area contributed by atoms with Gasteiger partial charge in [0.2, 0.25) is 0 Å². The van der Waals surface area contributed by atoms with Crippen LogP contribution in [0, 0.1) is 3.57 Å². The highest BCUT2D eigenvalue weighted by atomic mass is 127. The number of halogens is 1. The maximum Gasteiger partial charge on any atom is 0.137 e.